The summed E-state index contributed by atoms with van der Waals surface area (Å²) < 4.78 is 9.74. The zero-order valence-corrected chi connectivity index (χ0v) is 8.80. The Morgan fingerprint density at radius 2 is 2.31 bits per heavy atom. The average Bonchev–Trinajstić information content (AvgIpc) is 2.34. The molecule has 0 N–H and O–H groups in total. The number of carbonyl (C=O) groups is 1. The van der Waals surface area contributed by atoms with E-state index in [1.54, 1.807) is 0 Å². The zero-order valence-electron chi connectivity index (χ0n) is 8.80. The lowest BCUT2D eigenvalue weighted by Crippen LogP contribution is -2.02. The first-order valence-electron chi connectivity index (χ1n) is 4.52. The lowest BCUT2D eigenvalue weighted by molar-refractivity contribution is 0.0600. The van der Waals surface area contributed by atoms with Crippen LogP contribution < -0.4 is 4.74 Å². The van der Waals surface area contributed by atoms with E-state index in [4.69, 9.17) is 4.74 Å². The third kappa shape index (κ3) is 2.66. The molecular weight excluding hydrogens is 210 g/mol. The third-order valence-electron chi connectivity index (χ3n) is 1.84. The van der Waals surface area contributed by atoms with Gasteiger partial charge < -0.3 is 9.47 Å². The lowest BCUT2D eigenvalue weighted by Gasteiger charge is -2.06. The van der Waals surface area contributed by atoms with Gasteiger partial charge in [-0.25, -0.2) is 4.79 Å². The minimum atomic E-state index is -0.499. The van der Waals surface area contributed by atoms with Gasteiger partial charge in [0.25, 0.3) is 0 Å². The minimum Gasteiger partial charge on any atom is -0.487 e. The van der Waals surface area contributed by atoms with Gasteiger partial charge in [-0.15, -0.1) is 4.91 Å². The van der Waals surface area contributed by atoms with Gasteiger partial charge in [-0.2, -0.15) is 0 Å². The predicted octanol–water partition coefficient (Wildman–Crippen LogP) is 2.44. The Bertz CT molecular complexity index is 414. The normalized spacial score (nSPS) is 9.31. The number of benzene rings is 1. The smallest absolute Gasteiger partial charge is 0.337 e. The second-order valence-electron chi connectivity index (χ2n) is 2.87. The molecule has 84 valence electrons. The van der Waals surface area contributed by atoms with E-state index in [9.17, 15) is 9.70 Å². The SMILES string of the molecule is C=CCOc1cc(C(=O)OC)ccc1N=O. The summed E-state index contributed by atoms with van der Waals surface area (Å²) in [6.07, 6.45) is 1.53. The Morgan fingerprint density at radius 3 is 2.88 bits per heavy atom. The number of esters is 1. The summed E-state index contributed by atoms with van der Waals surface area (Å²) in [5.41, 5.74) is 0.434. The quantitative estimate of drug-likeness (QED) is 0.435. The number of carbonyl (C=O) groups excluding carboxylic acids is 1. The fourth-order valence-corrected chi connectivity index (χ4v) is 1.10. The molecule has 5 nitrogen and oxygen atoms in total. The molecule has 5 heteroatoms. The Kier molecular flexibility index (Phi) is 4.20. The summed E-state index contributed by atoms with van der Waals surface area (Å²) in [6, 6.07) is 4.26. The Hall–Kier alpha value is -2.17. The van der Waals surface area contributed by atoms with Crippen molar-refractivity contribution in [1.82, 2.24) is 0 Å². The Morgan fingerprint density at radius 1 is 1.56 bits per heavy atom. The molecule has 0 aromatic heterocycles. The first-order valence-corrected chi connectivity index (χ1v) is 4.52. The van der Waals surface area contributed by atoms with Gasteiger partial charge in [-0.05, 0) is 23.4 Å². The van der Waals surface area contributed by atoms with Gasteiger partial charge in [0.15, 0.2) is 0 Å². The second kappa shape index (κ2) is 5.65. The molecule has 1 aromatic carbocycles. The first-order chi connectivity index (χ1) is 7.72. The highest BCUT2D eigenvalue weighted by atomic mass is 16.5. The molecule has 0 aliphatic carbocycles. The lowest BCUT2D eigenvalue weighted by atomic mass is 10.2. The van der Waals surface area contributed by atoms with Crippen molar-refractivity contribution in [2.75, 3.05) is 13.7 Å². The summed E-state index contributed by atoms with van der Waals surface area (Å²) in [6.45, 7) is 3.71. The molecule has 0 radical (unpaired) electrons. The number of ether oxygens (including phenoxy) is 2. The molecule has 1 rings (SSSR count). The van der Waals surface area contributed by atoms with Crippen molar-refractivity contribution in [3.63, 3.8) is 0 Å². The van der Waals surface area contributed by atoms with Crippen LogP contribution in [0.1, 0.15) is 10.4 Å². The maximum Gasteiger partial charge on any atom is 0.337 e. The topological polar surface area (TPSA) is 65.0 Å². The van der Waals surface area contributed by atoms with E-state index in [1.165, 1.54) is 31.4 Å². The van der Waals surface area contributed by atoms with Gasteiger partial charge in [0, 0.05) is 0 Å². The predicted molar refractivity (Wildman–Crippen MR) is 58.9 cm³/mol. The van der Waals surface area contributed by atoms with Crippen LogP contribution in [0.2, 0.25) is 0 Å². The minimum absolute atomic E-state index is 0.134. The van der Waals surface area contributed by atoms with Crippen LogP contribution in [0.4, 0.5) is 5.69 Å². The van der Waals surface area contributed by atoms with Crippen LogP contribution in [0, 0.1) is 4.91 Å². The third-order valence-corrected chi connectivity index (χ3v) is 1.84. The fraction of sp³-hybridized carbons (Fsp3) is 0.182. The van der Waals surface area contributed by atoms with Gasteiger partial charge in [0.1, 0.15) is 18.0 Å². The molecule has 0 amide bonds. The standard InChI is InChI=1S/C11H11NO4/c1-3-6-16-10-7-8(11(13)15-2)4-5-9(10)12-14/h3-5,7H,1,6H2,2H3. The molecule has 0 atom stereocenters. The molecule has 0 aliphatic rings. The number of hydrogen-bond acceptors (Lipinski definition) is 5. The van der Waals surface area contributed by atoms with Crippen molar-refractivity contribution >= 4 is 11.7 Å². The van der Waals surface area contributed by atoms with Gasteiger partial charge >= 0.3 is 5.97 Å². The number of hydrogen-bond donors (Lipinski definition) is 0. The molecule has 0 heterocycles. The fourth-order valence-electron chi connectivity index (χ4n) is 1.10. The van der Waals surface area contributed by atoms with E-state index in [0.29, 0.717) is 5.56 Å². The molecule has 0 unspecified atom stereocenters. The highest BCUT2D eigenvalue weighted by molar-refractivity contribution is 5.90. The highest BCUT2D eigenvalue weighted by Gasteiger charge is 2.10. The van der Waals surface area contributed by atoms with Gasteiger partial charge in [-0.1, -0.05) is 12.7 Å². The summed E-state index contributed by atoms with van der Waals surface area (Å²) in [4.78, 5) is 21.7. The van der Waals surface area contributed by atoms with Crippen LogP contribution in [0.25, 0.3) is 0 Å². The Balaban J connectivity index is 3.05. The van der Waals surface area contributed by atoms with Gasteiger partial charge in [0.2, 0.25) is 0 Å². The van der Waals surface area contributed by atoms with E-state index in [2.05, 4.69) is 16.5 Å². The van der Waals surface area contributed by atoms with Crippen LogP contribution in [0.15, 0.2) is 36.0 Å². The second-order valence-corrected chi connectivity index (χ2v) is 2.87. The van der Waals surface area contributed by atoms with Gasteiger partial charge in [-0.3, -0.25) is 0 Å². The van der Waals surface area contributed by atoms with E-state index >= 15 is 0 Å². The summed E-state index contributed by atoms with van der Waals surface area (Å²) in [7, 11) is 1.28. The molecular formula is C11H11NO4. The van der Waals surface area contributed by atoms with E-state index < -0.39 is 5.97 Å². The zero-order chi connectivity index (χ0) is 12.0. The maximum absolute atomic E-state index is 11.2. The molecule has 0 aliphatic heterocycles. The first kappa shape index (κ1) is 11.9. The van der Waals surface area contributed by atoms with Crippen LogP contribution >= 0.6 is 0 Å². The summed E-state index contributed by atoms with van der Waals surface area (Å²) >= 11 is 0. The largest absolute Gasteiger partial charge is 0.487 e. The van der Waals surface area contributed by atoms with Crippen molar-refractivity contribution in [1.29, 1.82) is 0 Å². The van der Waals surface area contributed by atoms with E-state index in [-0.39, 0.29) is 18.0 Å². The maximum atomic E-state index is 11.2. The monoisotopic (exact) mass is 221 g/mol. The van der Waals surface area contributed by atoms with Crippen molar-refractivity contribution in [2.24, 2.45) is 5.18 Å². The molecule has 0 saturated heterocycles. The molecule has 0 spiro atoms. The number of rotatable bonds is 5. The number of nitroso groups, excluding NO2 is 1. The van der Waals surface area contributed by atoms with E-state index in [0.717, 1.165) is 0 Å². The Labute approximate surface area is 92.6 Å². The molecule has 16 heavy (non-hydrogen) atoms. The van der Waals surface area contributed by atoms with Crippen LogP contribution in [0.5, 0.6) is 5.75 Å². The molecule has 0 fully saturated rings. The summed E-state index contributed by atoms with van der Waals surface area (Å²) in [5.74, 6) is -0.265. The van der Waals surface area contributed by atoms with Crippen molar-refractivity contribution in [3.8, 4) is 5.75 Å². The van der Waals surface area contributed by atoms with Crippen LogP contribution in [0.3, 0.4) is 0 Å². The van der Waals surface area contributed by atoms with Crippen molar-refractivity contribution < 1.29 is 14.3 Å². The molecule has 0 saturated carbocycles. The van der Waals surface area contributed by atoms with Crippen molar-refractivity contribution in [2.45, 2.75) is 0 Å². The summed E-state index contributed by atoms with van der Waals surface area (Å²) in [5, 5.41) is 2.79. The number of methoxy groups -OCH3 is 1. The molecule has 0 bridgehead atoms. The molecule has 1 aromatic rings. The number of nitrogens with zero attached hydrogens (tertiary/aromatic N) is 1. The van der Waals surface area contributed by atoms with Crippen LogP contribution in [-0.2, 0) is 4.74 Å². The van der Waals surface area contributed by atoms with Crippen LogP contribution in [-0.4, -0.2) is 19.7 Å². The average molecular weight is 221 g/mol. The van der Waals surface area contributed by atoms with E-state index in [1.807, 2.05) is 0 Å². The highest BCUT2D eigenvalue weighted by Crippen LogP contribution is 2.28. The van der Waals surface area contributed by atoms with Crippen molar-refractivity contribution in [3.05, 3.63) is 41.3 Å². The van der Waals surface area contributed by atoms with Gasteiger partial charge in [0.05, 0.1) is 12.7 Å².